The zero-order chi connectivity index (χ0) is 13.3. The first-order chi connectivity index (χ1) is 8.50. The fraction of sp³-hybridized carbons (Fsp3) is 0.500. The number of aromatic carboxylic acids is 1. The van der Waals surface area contributed by atoms with Crippen LogP contribution in [0.25, 0.3) is 0 Å². The number of halogens is 1. The second-order valence-corrected chi connectivity index (χ2v) is 5.98. The fourth-order valence-corrected chi connectivity index (χ4v) is 2.99. The third-order valence-corrected chi connectivity index (χ3v) is 4.54. The van der Waals surface area contributed by atoms with Gasteiger partial charge in [0.2, 0.25) is 0 Å². The molecule has 0 amide bonds. The molecule has 1 aromatic rings. The molecule has 0 aromatic heterocycles. The topological polar surface area (TPSA) is 40.5 Å². The van der Waals surface area contributed by atoms with Gasteiger partial charge in [0.1, 0.15) is 0 Å². The Labute approximate surface area is 116 Å². The van der Waals surface area contributed by atoms with Gasteiger partial charge in [-0.15, -0.1) is 0 Å². The highest BCUT2D eigenvalue weighted by molar-refractivity contribution is 9.10. The fourth-order valence-electron chi connectivity index (χ4n) is 2.47. The van der Waals surface area contributed by atoms with Crippen LogP contribution in [0.2, 0.25) is 0 Å². The first kappa shape index (κ1) is 13.4. The van der Waals surface area contributed by atoms with Gasteiger partial charge in [-0.1, -0.05) is 19.9 Å². The molecule has 0 aliphatic carbocycles. The summed E-state index contributed by atoms with van der Waals surface area (Å²) in [4.78, 5) is 13.6. The predicted octanol–water partition coefficient (Wildman–Crippen LogP) is 3.63. The zero-order valence-corrected chi connectivity index (χ0v) is 12.3. The quantitative estimate of drug-likeness (QED) is 0.906. The van der Waals surface area contributed by atoms with Crippen molar-refractivity contribution >= 4 is 27.6 Å². The number of carboxylic acid groups (broad SMARTS) is 1. The molecule has 1 saturated heterocycles. The van der Waals surface area contributed by atoms with E-state index in [9.17, 15) is 9.90 Å². The molecule has 1 aliphatic rings. The number of hydrogen-bond acceptors (Lipinski definition) is 2. The van der Waals surface area contributed by atoms with Gasteiger partial charge in [-0.25, -0.2) is 4.79 Å². The summed E-state index contributed by atoms with van der Waals surface area (Å²) in [6, 6.07) is 5.58. The number of hydrogen-bond donors (Lipinski definition) is 1. The largest absolute Gasteiger partial charge is 0.478 e. The summed E-state index contributed by atoms with van der Waals surface area (Å²) in [5, 5.41) is 9.34. The van der Waals surface area contributed by atoms with Gasteiger partial charge in [0.05, 0.1) is 11.3 Å². The number of carbonyl (C=O) groups is 1. The van der Waals surface area contributed by atoms with Crippen LogP contribution in [0.15, 0.2) is 22.7 Å². The van der Waals surface area contributed by atoms with Crippen molar-refractivity contribution in [2.24, 2.45) is 11.8 Å². The molecule has 0 radical (unpaired) electrons. The Hall–Kier alpha value is -1.03. The van der Waals surface area contributed by atoms with E-state index >= 15 is 0 Å². The minimum Gasteiger partial charge on any atom is -0.478 e. The van der Waals surface area contributed by atoms with E-state index < -0.39 is 5.97 Å². The van der Waals surface area contributed by atoms with Crippen LogP contribution in [0.1, 0.15) is 30.6 Å². The van der Waals surface area contributed by atoms with Crippen LogP contribution in [0.4, 0.5) is 5.69 Å². The second-order valence-electron chi connectivity index (χ2n) is 5.13. The van der Waals surface area contributed by atoms with Gasteiger partial charge < -0.3 is 10.0 Å². The SMILES string of the molecule is CC1CCN(c2cccc(Br)c2C(=O)O)CC1C. The molecular formula is C14H18BrNO2. The van der Waals surface area contributed by atoms with E-state index in [-0.39, 0.29) is 0 Å². The molecular weight excluding hydrogens is 294 g/mol. The van der Waals surface area contributed by atoms with Gasteiger partial charge in [0.25, 0.3) is 0 Å². The van der Waals surface area contributed by atoms with E-state index in [0.717, 1.165) is 25.2 Å². The minimum absolute atomic E-state index is 0.374. The van der Waals surface area contributed by atoms with Crippen LogP contribution in [-0.4, -0.2) is 24.2 Å². The highest BCUT2D eigenvalue weighted by atomic mass is 79.9. The average Bonchev–Trinajstić information content (AvgIpc) is 2.32. The first-order valence-electron chi connectivity index (χ1n) is 6.27. The summed E-state index contributed by atoms with van der Waals surface area (Å²) in [5.74, 6) is 0.435. The Morgan fingerprint density at radius 1 is 1.39 bits per heavy atom. The number of anilines is 1. The molecule has 0 bridgehead atoms. The summed E-state index contributed by atoms with van der Waals surface area (Å²) < 4.78 is 0.652. The Balaban J connectivity index is 2.34. The van der Waals surface area contributed by atoms with Gasteiger partial charge in [-0.2, -0.15) is 0 Å². The van der Waals surface area contributed by atoms with Crippen LogP contribution < -0.4 is 4.90 Å². The summed E-state index contributed by atoms with van der Waals surface area (Å²) in [6.07, 6.45) is 1.12. The number of rotatable bonds is 2. The Morgan fingerprint density at radius 3 is 2.72 bits per heavy atom. The van der Waals surface area contributed by atoms with Crippen molar-refractivity contribution in [3.63, 3.8) is 0 Å². The molecule has 4 heteroatoms. The monoisotopic (exact) mass is 311 g/mol. The van der Waals surface area contributed by atoms with Crippen molar-refractivity contribution in [3.05, 3.63) is 28.2 Å². The summed E-state index contributed by atoms with van der Waals surface area (Å²) in [6.45, 7) is 6.36. The van der Waals surface area contributed by atoms with E-state index in [1.54, 1.807) is 6.07 Å². The van der Waals surface area contributed by atoms with E-state index in [1.165, 1.54) is 0 Å². The molecule has 1 aliphatic heterocycles. The highest BCUT2D eigenvalue weighted by Crippen LogP contribution is 2.32. The van der Waals surface area contributed by atoms with Crippen LogP contribution >= 0.6 is 15.9 Å². The van der Waals surface area contributed by atoms with Crippen LogP contribution in [0.3, 0.4) is 0 Å². The molecule has 1 fully saturated rings. The van der Waals surface area contributed by atoms with Crippen LogP contribution in [-0.2, 0) is 0 Å². The number of carboxylic acids is 1. The number of benzene rings is 1. The average molecular weight is 312 g/mol. The van der Waals surface area contributed by atoms with Crippen molar-refractivity contribution < 1.29 is 9.90 Å². The number of piperidine rings is 1. The van der Waals surface area contributed by atoms with E-state index in [4.69, 9.17) is 0 Å². The normalized spacial score (nSPS) is 24.1. The van der Waals surface area contributed by atoms with Crippen LogP contribution in [0.5, 0.6) is 0 Å². The Morgan fingerprint density at radius 2 is 2.11 bits per heavy atom. The third-order valence-electron chi connectivity index (χ3n) is 3.88. The smallest absolute Gasteiger partial charge is 0.338 e. The van der Waals surface area contributed by atoms with E-state index in [2.05, 4.69) is 34.7 Å². The van der Waals surface area contributed by atoms with Crippen molar-refractivity contribution in [3.8, 4) is 0 Å². The van der Waals surface area contributed by atoms with Crippen molar-refractivity contribution in [2.75, 3.05) is 18.0 Å². The minimum atomic E-state index is -0.872. The van der Waals surface area contributed by atoms with Gasteiger partial charge in [-0.05, 0) is 46.3 Å². The lowest BCUT2D eigenvalue weighted by Gasteiger charge is -2.37. The molecule has 3 nitrogen and oxygen atoms in total. The first-order valence-corrected chi connectivity index (χ1v) is 7.06. The number of nitrogens with zero attached hydrogens (tertiary/aromatic N) is 1. The van der Waals surface area contributed by atoms with Crippen molar-refractivity contribution in [2.45, 2.75) is 20.3 Å². The Bertz CT molecular complexity index is 461. The summed E-state index contributed by atoms with van der Waals surface area (Å²) >= 11 is 3.33. The molecule has 1 N–H and O–H groups in total. The predicted molar refractivity (Wildman–Crippen MR) is 76.3 cm³/mol. The summed E-state index contributed by atoms with van der Waals surface area (Å²) in [5.41, 5.74) is 1.20. The molecule has 2 rings (SSSR count). The van der Waals surface area contributed by atoms with E-state index in [0.29, 0.717) is 21.9 Å². The molecule has 18 heavy (non-hydrogen) atoms. The highest BCUT2D eigenvalue weighted by Gasteiger charge is 2.26. The zero-order valence-electron chi connectivity index (χ0n) is 10.7. The van der Waals surface area contributed by atoms with Crippen molar-refractivity contribution in [1.29, 1.82) is 0 Å². The van der Waals surface area contributed by atoms with Crippen LogP contribution in [0, 0.1) is 11.8 Å². The molecule has 2 atom stereocenters. The van der Waals surface area contributed by atoms with Gasteiger partial charge in [-0.3, -0.25) is 0 Å². The molecule has 1 aromatic carbocycles. The molecule has 1 heterocycles. The maximum Gasteiger partial charge on any atom is 0.338 e. The summed E-state index contributed by atoms with van der Waals surface area (Å²) in [7, 11) is 0. The molecule has 0 spiro atoms. The second kappa shape index (κ2) is 5.31. The van der Waals surface area contributed by atoms with Gasteiger partial charge in [0, 0.05) is 17.6 Å². The lowest BCUT2D eigenvalue weighted by Crippen LogP contribution is -2.39. The maximum absolute atomic E-state index is 11.4. The van der Waals surface area contributed by atoms with Gasteiger partial charge >= 0.3 is 5.97 Å². The van der Waals surface area contributed by atoms with Gasteiger partial charge in [0.15, 0.2) is 0 Å². The van der Waals surface area contributed by atoms with Crippen molar-refractivity contribution in [1.82, 2.24) is 0 Å². The standard InChI is InChI=1S/C14H18BrNO2/c1-9-6-7-16(8-10(9)2)12-5-3-4-11(15)13(12)14(17)18/h3-5,9-10H,6-8H2,1-2H3,(H,17,18). The lowest BCUT2D eigenvalue weighted by atomic mass is 9.88. The maximum atomic E-state index is 11.4. The Kier molecular flexibility index (Phi) is 3.95. The molecule has 0 saturated carbocycles. The molecule has 2 unspecified atom stereocenters. The molecule has 98 valence electrons. The van der Waals surface area contributed by atoms with E-state index in [1.807, 2.05) is 12.1 Å². The third kappa shape index (κ3) is 2.53. The lowest BCUT2D eigenvalue weighted by molar-refractivity contribution is 0.0696.